The Labute approximate surface area is 114 Å². The van der Waals surface area contributed by atoms with Crippen molar-refractivity contribution in [2.45, 2.75) is 13.0 Å². The molecule has 19 heavy (non-hydrogen) atoms. The molecular formula is C14H23N3O2. The fourth-order valence-electron chi connectivity index (χ4n) is 2.69. The Balaban J connectivity index is 2.03. The summed E-state index contributed by atoms with van der Waals surface area (Å²) < 4.78 is 10.7. The second kappa shape index (κ2) is 6.73. The molecule has 1 saturated heterocycles. The second-order valence-electron chi connectivity index (χ2n) is 4.94. The summed E-state index contributed by atoms with van der Waals surface area (Å²) >= 11 is 0. The molecule has 2 heterocycles. The van der Waals surface area contributed by atoms with Crippen molar-refractivity contribution in [1.82, 2.24) is 15.2 Å². The molecule has 1 aromatic heterocycles. The third-order valence-corrected chi connectivity index (χ3v) is 3.60. The first-order valence-electron chi connectivity index (χ1n) is 6.71. The molecule has 5 nitrogen and oxygen atoms in total. The van der Waals surface area contributed by atoms with E-state index in [1.54, 1.807) is 20.4 Å². The molecule has 0 saturated carbocycles. The lowest BCUT2D eigenvalue weighted by Gasteiger charge is -2.18. The lowest BCUT2D eigenvalue weighted by Crippen LogP contribution is -2.24. The van der Waals surface area contributed by atoms with E-state index < -0.39 is 0 Å². The zero-order valence-corrected chi connectivity index (χ0v) is 12.0. The Bertz CT molecular complexity index is 412. The van der Waals surface area contributed by atoms with E-state index in [0.29, 0.717) is 0 Å². The molecule has 0 radical (unpaired) electrons. The van der Waals surface area contributed by atoms with Crippen molar-refractivity contribution in [3.05, 3.63) is 18.0 Å². The number of methoxy groups -OCH3 is 2. The maximum atomic E-state index is 5.43. The summed E-state index contributed by atoms with van der Waals surface area (Å²) in [5.41, 5.74) is 0.951. The Morgan fingerprint density at radius 2 is 2.26 bits per heavy atom. The van der Waals surface area contributed by atoms with Gasteiger partial charge in [-0.05, 0) is 32.5 Å². The Morgan fingerprint density at radius 1 is 1.42 bits per heavy atom. The highest BCUT2D eigenvalue weighted by molar-refractivity contribution is 5.42. The van der Waals surface area contributed by atoms with E-state index in [1.165, 1.54) is 6.42 Å². The van der Waals surface area contributed by atoms with Crippen LogP contribution in [-0.2, 0) is 6.54 Å². The fourth-order valence-corrected chi connectivity index (χ4v) is 2.69. The van der Waals surface area contributed by atoms with Gasteiger partial charge in [0.05, 0.1) is 14.2 Å². The van der Waals surface area contributed by atoms with E-state index in [1.807, 2.05) is 13.1 Å². The third-order valence-electron chi connectivity index (χ3n) is 3.60. The van der Waals surface area contributed by atoms with Crippen LogP contribution in [-0.4, -0.2) is 50.8 Å². The van der Waals surface area contributed by atoms with E-state index in [0.717, 1.165) is 49.3 Å². The first kappa shape index (κ1) is 14.1. The maximum absolute atomic E-state index is 5.43. The molecule has 0 spiro atoms. The molecule has 1 atom stereocenters. The number of likely N-dealkylation sites (tertiary alicyclic amines) is 1. The standard InChI is InChI=1S/C14H23N3O2/c1-15-8-11-5-7-17(9-11)10-12-14(19-3)13(18-2)4-6-16-12/h4,6,11,15H,5,7-10H2,1-3H3. The largest absolute Gasteiger partial charge is 0.493 e. The average Bonchev–Trinajstić information content (AvgIpc) is 2.86. The lowest BCUT2D eigenvalue weighted by molar-refractivity contribution is 0.296. The quantitative estimate of drug-likeness (QED) is 0.836. The van der Waals surface area contributed by atoms with Crippen molar-refractivity contribution in [3.8, 4) is 11.5 Å². The molecule has 1 aliphatic heterocycles. The number of rotatable bonds is 6. The van der Waals surface area contributed by atoms with Crippen molar-refractivity contribution in [2.24, 2.45) is 5.92 Å². The predicted octanol–water partition coefficient (Wildman–Crippen LogP) is 1.14. The molecule has 1 aliphatic rings. The summed E-state index contributed by atoms with van der Waals surface area (Å²) in [6, 6.07) is 1.83. The van der Waals surface area contributed by atoms with Crippen LogP contribution >= 0.6 is 0 Å². The van der Waals surface area contributed by atoms with Crippen molar-refractivity contribution in [3.63, 3.8) is 0 Å². The highest BCUT2D eigenvalue weighted by Gasteiger charge is 2.23. The minimum Gasteiger partial charge on any atom is -0.493 e. The maximum Gasteiger partial charge on any atom is 0.183 e. The monoisotopic (exact) mass is 265 g/mol. The zero-order chi connectivity index (χ0) is 13.7. The van der Waals surface area contributed by atoms with Crippen LogP contribution < -0.4 is 14.8 Å². The van der Waals surface area contributed by atoms with Gasteiger partial charge in [-0.15, -0.1) is 0 Å². The van der Waals surface area contributed by atoms with Gasteiger partial charge in [0.25, 0.3) is 0 Å². The van der Waals surface area contributed by atoms with Gasteiger partial charge >= 0.3 is 0 Å². The van der Waals surface area contributed by atoms with Gasteiger partial charge in [0.2, 0.25) is 0 Å². The van der Waals surface area contributed by atoms with Gasteiger partial charge in [0.15, 0.2) is 11.5 Å². The second-order valence-corrected chi connectivity index (χ2v) is 4.94. The molecule has 1 N–H and O–H groups in total. The summed E-state index contributed by atoms with van der Waals surface area (Å²) in [7, 11) is 5.33. The molecular weight excluding hydrogens is 242 g/mol. The molecule has 0 bridgehead atoms. The summed E-state index contributed by atoms with van der Waals surface area (Å²) in [4.78, 5) is 6.85. The first-order valence-corrected chi connectivity index (χ1v) is 6.71. The van der Waals surface area contributed by atoms with Gasteiger partial charge < -0.3 is 14.8 Å². The van der Waals surface area contributed by atoms with Gasteiger partial charge in [-0.25, -0.2) is 0 Å². The van der Waals surface area contributed by atoms with E-state index >= 15 is 0 Å². The molecule has 0 aromatic carbocycles. The molecule has 1 fully saturated rings. The van der Waals surface area contributed by atoms with Crippen LogP contribution in [0.5, 0.6) is 11.5 Å². The van der Waals surface area contributed by atoms with Crippen molar-refractivity contribution >= 4 is 0 Å². The summed E-state index contributed by atoms with van der Waals surface area (Å²) in [5.74, 6) is 2.24. The topological polar surface area (TPSA) is 46.6 Å². The highest BCUT2D eigenvalue weighted by atomic mass is 16.5. The van der Waals surface area contributed by atoms with Crippen LogP contribution in [0.15, 0.2) is 12.3 Å². The molecule has 1 unspecified atom stereocenters. The number of ether oxygens (including phenoxy) is 2. The number of hydrogen-bond donors (Lipinski definition) is 1. The number of pyridine rings is 1. The van der Waals surface area contributed by atoms with Gasteiger partial charge in [0, 0.05) is 25.4 Å². The predicted molar refractivity (Wildman–Crippen MR) is 74.7 cm³/mol. The SMILES string of the molecule is CNCC1CCN(Cc2nccc(OC)c2OC)C1. The Morgan fingerprint density at radius 3 is 2.95 bits per heavy atom. The number of nitrogens with zero attached hydrogens (tertiary/aromatic N) is 2. The van der Waals surface area contributed by atoms with Gasteiger partial charge in [0.1, 0.15) is 5.69 Å². The van der Waals surface area contributed by atoms with Crippen molar-refractivity contribution in [1.29, 1.82) is 0 Å². The smallest absolute Gasteiger partial charge is 0.183 e. The van der Waals surface area contributed by atoms with Gasteiger partial charge in [-0.2, -0.15) is 0 Å². The Hall–Kier alpha value is -1.33. The highest BCUT2D eigenvalue weighted by Crippen LogP contribution is 2.30. The number of nitrogens with one attached hydrogen (secondary N) is 1. The van der Waals surface area contributed by atoms with Crippen LogP contribution in [0.4, 0.5) is 0 Å². The fraction of sp³-hybridized carbons (Fsp3) is 0.643. The molecule has 106 valence electrons. The summed E-state index contributed by atoms with van der Waals surface area (Å²) in [6.45, 7) is 4.14. The van der Waals surface area contributed by atoms with E-state index in [4.69, 9.17) is 9.47 Å². The van der Waals surface area contributed by atoms with Crippen molar-refractivity contribution in [2.75, 3.05) is 40.9 Å². The van der Waals surface area contributed by atoms with E-state index in [-0.39, 0.29) is 0 Å². The average molecular weight is 265 g/mol. The van der Waals surface area contributed by atoms with E-state index in [2.05, 4.69) is 15.2 Å². The normalized spacial score (nSPS) is 19.6. The minimum absolute atomic E-state index is 0.738. The van der Waals surface area contributed by atoms with Crippen LogP contribution in [0.3, 0.4) is 0 Å². The lowest BCUT2D eigenvalue weighted by atomic mass is 10.1. The summed E-state index contributed by atoms with van der Waals surface area (Å²) in [5, 5.41) is 3.25. The van der Waals surface area contributed by atoms with E-state index in [9.17, 15) is 0 Å². The van der Waals surface area contributed by atoms with Crippen molar-refractivity contribution < 1.29 is 9.47 Å². The molecule has 5 heteroatoms. The minimum atomic E-state index is 0.738. The summed E-state index contributed by atoms with van der Waals surface area (Å²) in [6.07, 6.45) is 3.02. The van der Waals surface area contributed by atoms with Crippen LogP contribution in [0.2, 0.25) is 0 Å². The molecule has 2 rings (SSSR count). The number of aromatic nitrogens is 1. The van der Waals surface area contributed by atoms with Gasteiger partial charge in [-0.3, -0.25) is 9.88 Å². The molecule has 0 aliphatic carbocycles. The molecule has 0 amide bonds. The zero-order valence-electron chi connectivity index (χ0n) is 12.0. The van der Waals surface area contributed by atoms with Crippen LogP contribution in [0, 0.1) is 5.92 Å². The first-order chi connectivity index (χ1) is 9.28. The van der Waals surface area contributed by atoms with Gasteiger partial charge in [-0.1, -0.05) is 0 Å². The van der Waals surface area contributed by atoms with Crippen LogP contribution in [0.1, 0.15) is 12.1 Å². The number of hydrogen-bond acceptors (Lipinski definition) is 5. The van der Waals surface area contributed by atoms with Crippen LogP contribution in [0.25, 0.3) is 0 Å². The molecule has 1 aromatic rings. The Kier molecular flexibility index (Phi) is 4.99. The third kappa shape index (κ3) is 3.36.